The van der Waals surface area contributed by atoms with Gasteiger partial charge in [-0.15, -0.1) is 0 Å². The van der Waals surface area contributed by atoms with Crippen LogP contribution < -0.4 is 9.46 Å². The Hall–Kier alpha value is -3.08. The molecule has 11 heteroatoms. The number of ether oxygens (including phenoxy) is 1. The van der Waals surface area contributed by atoms with Crippen LogP contribution in [0.4, 0.5) is 32.0 Å². The predicted molar refractivity (Wildman–Crippen MR) is 97.2 cm³/mol. The second kappa shape index (κ2) is 8.34. The molecule has 0 aliphatic rings. The van der Waals surface area contributed by atoms with Crippen molar-refractivity contribution in [1.29, 1.82) is 0 Å². The van der Waals surface area contributed by atoms with Gasteiger partial charge in [0, 0.05) is 18.0 Å². The lowest BCUT2D eigenvalue weighted by Gasteiger charge is -2.11. The fourth-order valence-corrected chi connectivity index (χ4v) is 3.21. The average Bonchev–Trinajstić information content (AvgIpc) is 2.68. The third kappa shape index (κ3) is 5.50. The normalized spacial score (nSPS) is 13.0. The fraction of sp³-hybridized carbons (Fsp3) is 0.105. The van der Waals surface area contributed by atoms with Crippen LogP contribution >= 0.6 is 0 Å². The van der Waals surface area contributed by atoms with Crippen molar-refractivity contribution >= 4 is 16.7 Å². The number of rotatable bonds is 5. The molecule has 0 bridgehead atoms. The van der Waals surface area contributed by atoms with Crippen molar-refractivity contribution in [2.45, 2.75) is 17.2 Å². The lowest BCUT2D eigenvalue weighted by atomic mass is 10.2. The summed E-state index contributed by atoms with van der Waals surface area (Å²) in [5.41, 5.74) is -1.54. The lowest BCUT2D eigenvalue weighted by molar-refractivity contribution is -0.138. The molecule has 30 heavy (non-hydrogen) atoms. The van der Waals surface area contributed by atoms with Gasteiger partial charge in [-0.2, -0.15) is 26.3 Å². The first-order chi connectivity index (χ1) is 14.0. The van der Waals surface area contributed by atoms with Crippen molar-refractivity contribution in [3.63, 3.8) is 0 Å². The van der Waals surface area contributed by atoms with Gasteiger partial charge in [0.15, 0.2) is 0 Å². The Kier molecular flexibility index (Phi) is 6.01. The number of nitrogens with one attached hydrogen (secondary N) is 1. The second-order valence-corrected chi connectivity index (χ2v) is 7.12. The summed E-state index contributed by atoms with van der Waals surface area (Å²) in [5.74, 6) is -0.102. The SMILES string of the molecule is O=S(Nc1ccc(Oc2cc(C(F)(F)F)ccn2)cc1)c1cccc(C(F)(F)F)c1. The van der Waals surface area contributed by atoms with Gasteiger partial charge in [-0.1, -0.05) is 6.07 Å². The van der Waals surface area contributed by atoms with E-state index in [0.29, 0.717) is 5.69 Å². The summed E-state index contributed by atoms with van der Waals surface area (Å²) in [4.78, 5) is 3.64. The van der Waals surface area contributed by atoms with Crippen molar-refractivity contribution in [2.75, 3.05) is 4.72 Å². The molecule has 3 aromatic rings. The first kappa shape index (κ1) is 21.6. The number of halogens is 6. The lowest BCUT2D eigenvalue weighted by Crippen LogP contribution is -2.08. The van der Waals surface area contributed by atoms with E-state index in [1.165, 1.54) is 30.3 Å². The Morgan fingerprint density at radius 1 is 0.833 bits per heavy atom. The summed E-state index contributed by atoms with van der Waals surface area (Å²) in [6, 6.07) is 11.2. The van der Waals surface area contributed by atoms with Gasteiger partial charge in [-0.3, -0.25) is 0 Å². The zero-order valence-electron chi connectivity index (χ0n) is 14.8. The van der Waals surface area contributed by atoms with Gasteiger partial charge >= 0.3 is 12.4 Å². The van der Waals surface area contributed by atoms with E-state index in [1.807, 2.05) is 0 Å². The van der Waals surface area contributed by atoms with Gasteiger partial charge in [0.1, 0.15) is 16.7 Å². The standard InChI is InChI=1S/C19H12F6N2O2S/c20-18(21,22)12-2-1-3-16(10-12)30(28)27-14-4-6-15(7-5-14)29-17-11-13(8-9-26-17)19(23,24)25/h1-11,27H. The number of benzene rings is 2. The molecule has 1 heterocycles. The van der Waals surface area contributed by atoms with Gasteiger partial charge in [0.05, 0.1) is 16.0 Å². The molecule has 0 aliphatic carbocycles. The van der Waals surface area contributed by atoms with E-state index in [0.717, 1.165) is 36.5 Å². The molecule has 0 spiro atoms. The molecule has 3 rings (SSSR count). The molecular weight excluding hydrogens is 434 g/mol. The van der Waals surface area contributed by atoms with Gasteiger partial charge in [0.2, 0.25) is 5.88 Å². The molecule has 0 saturated heterocycles. The number of nitrogens with zero attached hydrogens (tertiary/aromatic N) is 1. The van der Waals surface area contributed by atoms with Crippen molar-refractivity contribution < 1.29 is 35.3 Å². The van der Waals surface area contributed by atoms with E-state index in [2.05, 4.69) is 9.71 Å². The van der Waals surface area contributed by atoms with Gasteiger partial charge in [-0.05, 0) is 48.5 Å². The number of anilines is 1. The van der Waals surface area contributed by atoms with Crippen molar-refractivity contribution in [3.8, 4) is 11.6 Å². The van der Waals surface area contributed by atoms with Crippen molar-refractivity contribution in [3.05, 3.63) is 78.0 Å². The minimum absolute atomic E-state index is 0.0710. The van der Waals surface area contributed by atoms with E-state index >= 15 is 0 Å². The minimum Gasteiger partial charge on any atom is -0.439 e. The van der Waals surface area contributed by atoms with Gasteiger partial charge in [0.25, 0.3) is 0 Å². The topological polar surface area (TPSA) is 51.2 Å². The van der Waals surface area contributed by atoms with Crippen molar-refractivity contribution in [2.24, 2.45) is 0 Å². The Morgan fingerprint density at radius 3 is 2.10 bits per heavy atom. The van der Waals surface area contributed by atoms with Crippen LogP contribution in [0, 0.1) is 0 Å². The number of pyridine rings is 1. The highest BCUT2D eigenvalue weighted by molar-refractivity contribution is 7.86. The van der Waals surface area contributed by atoms with Gasteiger partial charge in [-0.25, -0.2) is 9.19 Å². The molecule has 0 aliphatic heterocycles. The smallest absolute Gasteiger partial charge is 0.416 e. The fourth-order valence-electron chi connectivity index (χ4n) is 2.31. The molecule has 0 radical (unpaired) electrons. The van der Waals surface area contributed by atoms with Gasteiger partial charge < -0.3 is 9.46 Å². The molecular formula is C19H12F6N2O2S. The first-order valence-electron chi connectivity index (χ1n) is 8.19. The Bertz CT molecular complexity index is 1050. The molecule has 0 fully saturated rings. The Morgan fingerprint density at radius 2 is 1.47 bits per heavy atom. The van der Waals surface area contributed by atoms with Crippen LogP contribution in [-0.2, 0) is 23.3 Å². The zero-order valence-corrected chi connectivity index (χ0v) is 15.6. The molecule has 1 unspecified atom stereocenters. The summed E-state index contributed by atoms with van der Waals surface area (Å²) in [7, 11) is -1.97. The zero-order chi connectivity index (χ0) is 21.9. The summed E-state index contributed by atoms with van der Waals surface area (Å²) in [6.07, 6.45) is -8.13. The predicted octanol–water partition coefficient (Wildman–Crippen LogP) is 6.05. The third-order valence-corrected chi connectivity index (χ3v) is 4.83. The monoisotopic (exact) mass is 446 g/mol. The molecule has 2 aromatic carbocycles. The highest BCUT2D eigenvalue weighted by atomic mass is 32.2. The third-order valence-electron chi connectivity index (χ3n) is 3.72. The Balaban J connectivity index is 1.69. The number of hydrogen-bond donors (Lipinski definition) is 1. The molecule has 0 amide bonds. The first-order valence-corrected chi connectivity index (χ1v) is 9.34. The maximum Gasteiger partial charge on any atom is 0.416 e. The van der Waals surface area contributed by atoms with E-state index in [9.17, 15) is 30.6 Å². The average molecular weight is 446 g/mol. The number of aromatic nitrogens is 1. The maximum atomic E-state index is 12.8. The largest absolute Gasteiger partial charge is 0.439 e. The van der Waals surface area contributed by atoms with Crippen LogP contribution in [-0.4, -0.2) is 9.19 Å². The molecule has 0 saturated carbocycles. The van der Waals surface area contributed by atoms with Crippen LogP contribution in [0.15, 0.2) is 71.8 Å². The van der Waals surface area contributed by atoms with Crippen molar-refractivity contribution in [1.82, 2.24) is 4.98 Å². The molecule has 1 aromatic heterocycles. The van der Waals surface area contributed by atoms with E-state index in [-0.39, 0.29) is 16.5 Å². The maximum absolute atomic E-state index is 12.8. The van der Waals surface area contributed by atoms with E-state index < -0.39 is 34.5 Å². The van der Waals surface area contributed by atoms with E-state index in [1.54, 1.807) is 0 Å². The number of hydrogen-bond acceptors (Lipinski definition) is 3. The molecule has 1 N–H and O–H groups in total. The molecule has 1 atom stereocenters. The van der Waals surface area contributed by atoms with Crippen LogP contribution in [0.1, 0.15) is 11.1 Å². The Labute approximate surface area is 169 Å². The summed E-state index contributed by atoms with van der Waals surface area (Å²) >= 11 is 0. The highest BCUT2D eigenvalue weighted by Gasteiger charge is 2.31. The van der Waals surface area contributed by atoms with Crippen LogP contribution in [0.3, 0.4) is 0 Å². The summed E-state index contributed by atoms with van der Waals surface area (Å²) in [5, 5.41) is 0. The minimum atomic E-state index is -4.56. The second-order valence-electron chi connectivity index (χ2n) is 5.90. The number of alkyl halides is 6. The summed E-state index contributed by atoms with van der Waals surface area (Å²) in [6.45, 7) is 0. The highest BCUT2D eigenvalue weighted by Crippen LogP contribution is 2.32. The molecule has 158 valence electrons. The van der Waals surface area contributed by atoms with Crippen LogP contribution in [0.25, 0.3) is 0 Å². The quantitative estimate of drug-likeness (QED) is 0.486. The van der Waals surface area contributed by atoms with Crippen LogP contribution in [0.2, 0.25) is 0 Å². The van der Waals surface area contributed by atoms with Crippen LogP contribution in [0.5, 0.6) is 11.6 Å². The molecule has 4 nitrogen and oxygen atoms in total. The summed E-state index contributed by atoms with van der Waals surface area (Å²) < 4.78 is 96.6. The van der Waals surface area contributed by atoms with E-state index in [4.69, 9.17) is 4.74 Å².